The van der Waals surface area contributed by atoms with Crippen molar-refractivity contribution in [2.24, 2.45) is 0 Å². The van der Waals surface area contributed by atoms with E-state index in [1.807, 2.05) is 37.3 Å². The SMILES string of the molecule is Cc1ccc(N(CCC#N)C(=O)CCl)cc1. The molecule has 0 aliphatic rings. The molecule has 16 heavy (non-hydrogen) atoms. The highest BCUT2D eigenvalue weighted by Gasteiger charge is 2.13. The quantitative estimate of drug-likeness (QED) is 0.754. The molecule has 1 aromatic carbocycles. The second kappa shape index (κ2) is 6.14. The van der Waals surface area contributed by atoms with Gasteiger partial charge in [-0.1, -0.05) is 17.7 Å². The van der Waals surface area contributed by atoms with Gasteiger partial charge < -0.3 is 4.90 Å². The first kappa shape index (κ1) is 12.5. The van der Waals surface area contributed by atoms with Gasteiger partial charge in [0.25, 0.3) is 0 Å². The first-order valence-corrected chi connectivity index (χ1v) is 5.52. The Morgan fingerprint density at radius 1 is 1.44 bits per heavy atom. The number of anilines is 1. The van der Waals surface area contributed by atoms with Crippen molar-refractivity contribution in [2.75, 3.05) is 17.3 Å². The van der Waals surface area contributed by atoms with Gasteiger partial charge >= 0.3 is 0 Å². The average molecular weight is 237 g/mol. The summed E-state index contributed by atoms with van der Waals surface area (Å²) in [7, 11) is 0. The Morgan fingerprint density at radius 2 is 2.06 bits per heavy atom. The Balaban J connectivity index is 2.88. The molecule has 0 aliphatic heterocycles. The van der Waals surface area contributed by atoms with Gasteiger partial charge in [-0.3, -0.25) is 4.79 Å². The minimum atomic E-state index is -0.180. The number of aryl methyl sites for hydroxylation is 1. The van der Waals surface area contributed by atoms with Crippen molar-refractivity contribution in [3.8, 4) is 6.07 Å². The van der Waals surface area contributed by atoms with E-state index in [4.69, 9.17) is 16.9 Å². The predicted octanol–water partition coefficient (Wildman–Crippen LogP) is 2.48. The summed E-state index contributed by atoms with van der Waals surface area (Å²) in [6, 6.07) is 9.59. The lowest BCUT2D eigenvalue weighted by Gasteiger charge is -2.20. The van der Waals surface area contributed by atoms with Crippen LogP contribution in [0.25, 0.3) is 0 Å². The number of nitriles is 1. The molecule has 0 saturated heterocycles. The van der Waals surface area contributed by atoms with Crippen molar-refractivity contribution in [1.82, 2.24) is 0 Å². The third-order valence-corrected chi connectivity index (χ3v) is 2.44. The summed E-state index contributed by atoms with van der Waals surface area (Å²) in [5.74, 6) is -0.250. The average Bonchev–Trinajstić information content (AvgIpc) is 2.31. The molecule has 0 N–H and O–H groups in total. The monoisotopic (exact) mass is 236 g/mol. The Morgan fingerprint density at radius 3 is 2.56 bits per heavy atom. The molecule has 3 nitrogen and oxygen atoms in total. The lowest BCUT2D eigenvalue weighted by Crippen LogP contribution is -2.32. The number of hydrogen-bond acceptors (Lipinski definition) is 2. The summed E-state index contributed by atoms with van der Waals surface area (Å²) < 4.78 is 0. The second-order valence-corrected chi connectivity index (χ2v) is 3.69. The van der Waals surface area contributed by atoms with Crippen LogP contribution in [0.4, 0.5) is 5.69 Å². The summed E-state index contributed by atoms with van der Waals surface area (Å²) >= 11 is 5.53. The topological polar surface area (TPSA) is 44.1 Å². The minimum absolute atomic E-state index is 0.0701. The van der Waals surface area contributed by atoms with Crippen LogP contribution >= 0.6 is 11.6 Å². The van der Waals surface area contributed by atoms with Crippen LogP contribution in [0.5, 0.6) is 0 Å². The molecule has 0 aromatic heterocycles. The molecular weight excluding hydrogens is 224 g/mol. The van der Waals surface area contributed by atoms with Gasteiger partial charge in [0.05, 0.1) is 12.5 Å². The fourth-order valence-corrected chi connectivity index (χ4v) is 1.50. The van der Waals surface area contributed by atoms with E-state index in [-0.39, 0.29) is 11.8 Å². The zero-order valence-electron chi connectivity index (χ0n) is 9.11. The smallest absolute Gasteiger partial charge is 0.241 e. The van der Waals surface area contributed by atoms with Crippen LogP contribution < -0.4 is 4.90 Å². The Kier molecular flexibility index (Phi) is 4.81. The maximum absolute atomic E-state index is 11.6. The Hall–Kier alpha value is -1.53. The molecule has 1 aromatic rings. The molecule has 0 radical (unpaired) electrons. The van der Waals surface area contributed by atoms with Gasteiger partial charge in [0.1, 0.15) is 5.88 Å². The summed E-state index contributed by atoms with van der Waals surface area (Å²) in [4.78, 5) is 13.1. The van der Waals surface area contributed by atoms with E-state index >= 15 is 0 Å². The van der Waals surface area contributed by atoms with Gasteiger partial charge in [0, 0.05) is 12.2 Å². The van der Waals surface area contributed by atoms with E-state index in [2.05, 4.69) is 0 Å². The Bertz CT molecular complexity index is 394. The van der Waals surface area contributed by atoms with Crippen molar-refractivity contribution in [1.29, 1.82) is 5.26 Å². The zero-order valence-corrected chi connectivity index (χ0v) is 9.87. The first-order chi connectivity index (χ1) is 7.69. The summed E-state index contributed by atoms with van der Waals surface area (Å²) in [6.45, 7) is 2.36. The molecule has 0 atom stereocenters. The van der Waals surface area contributed by atoms with Crippen molar-refractivity contribution in [3.05, 3.63) is 29.8 Å². The number of rotatable bonds is 4. The molecule has 0 bridgehead atoms. The molecule has 84 valence electrons. The fraction of sp³-hybridized carbons (Fsp3) is 0.333. The molecule has 0 fully saturated rings. The van der Waals surface area contributed by atoms with Crippen LogP contribution in [-0.2, 0) is 4.79 Å². The van der Waals surface area contributed by atoms with Gasteiger partial charge in [-0.05, 0) is 19.1 Å². The van der Waals surface area contributed by atoms with Crippen LogP contribution in [-0.4, -0.2) is 18.3 Å². The van der Waals surface area contributed by atoms with Crippen LogP contribution in [0.15, 0.2) is 24.3 Å². The summed E-state index contributed by atoms with van der Waals surface area (Å²) in [6.07, 6.45) is 0.302. The van der Waals surface area contributed by atoms with Crippen molar-refractivity contribution >= 4 is 23.2 Å². The van der Waals surface area contributed by atoms with Crippen molar-refractivity contribution in [2.45, 2.75) is 13.3 Å². The summed E-state index contributed by atoms with van der Waals surface area (Å²) in [5.41, 5.74) is 1.91. The maximum Gasteiger partial charge on any atom is 0.241 e. The molecule has 0 aliphatic carbocycles. The van der Waals surface area contributed by atoms with Gasteiger partial charge in [-0.25, -0.2) is 0 Å². The number of carbonyl (C=O) groups excluding carboxylic acids is 1. The standard InChI is InChI=1S/C12H13ClN2O/c1-10-3-5-11(6-4-10)15(8-2-7-14)12(16)9-13/h3-6H,2,8-9H2,1H3. The van der Waals surface area contributed by atoms with Crippen LogP contribution in [0.1, 0.15) is 12.0 Å². The van der Waals surface area contributed by atoms with Gasteiger partial charge in [-0.2, -0.15) is 5.26 Å². The van der Waals surface area contributed by atoms with Gasteiger partial charge in [0.2, 0.25) is 5.91 Å². The third-order valence-electron chi connectivity index (χ3n) is 2.21. The molecular formula is C12H13ClN2O. The van der Waals surface area contributed by atoms with E-state index in [1.165, 1.54) is 4.90 Å². The van der Waals surface area contributed by atoms with Crippen LogP contribution in [0.3, 0.4) is 0 Å². The van der Waals surface area contributed by atoms with E-state index in [0.717, 1.165) is 11.3 Å². The number of hydrogen-bond donors (Lipinski definition) is 0. The van der Waals surface area contributed by atoms with Crippen molar-refractivity contribution < 1.29 is 4.79 Å². The van der Waals surface area contributed by atoms with Crippen LogP contribution in [0.2, 0.25) is 0 Å². The lowest BCUT2D eigenvalue weighted by molar-refractivity contribution is -0.116. The second-order valence-electron chi connectivity index (χ2n) is 3.42. The summed E-state index contributed by atoms with van der Waals surface area (Å²) in [5, 5.41) is 8.54. The van der Waals surface area contributed by atoms with E-state index < -0.39 is 0 Å². The molecule has 1 amide bonds. The first-order valence-electron chi connectivity index (χ1n) is 4.99. The van der Waals surface area contributed by atoms with Gasteiger partial charge in [0.15, 0.2) is 0 Å². The normalized spacial score (nSPS) is 9.56. The highest BCUT2D eigenvalue weighted by Crippen LogP contribution is 2.16. The number of halogens is 1. The van der Waals surface area contributed by atoms with Crippen LogP contribution in [0, 0.1) is 18.3 Å². The number of carbonyl (C=O) groups is 1. The maximum atomic E-state index is 11.6. The van der Waals surface area contributed by atoms with Gasteiger partial charge in [-0.15, -0.1) is 11.6 Å². The number of alkyl halides is 1. The zero-order chi connectivity index (χ0) is 12.0. The number of benzene rings is 1. The molecule has 0 unspecified atom stereocenters. The van der Waals surface area contributed by atoms with E-state index in [1.54, 1.807) is 0 Å². The number of nitrogens with zero attached hydrogens (tertiary/aromatic N) is 2. The van der Waals surface area contributed by atoms with Crippen molar-refractivity contribution in [3.63, 3.8) is 0 Å². The Labute approximate surface area is 100 Å². The number of amides is 1. The molecule has 0 spiro atoms. The minimum Gasteiger partial charge on any atom is -0.310 e. The highest BCUT2D eigenvalue weighted by atomic mass is 35.5. The molecule has 1 rings (SSSR count). The van der Waals surface area contributed by atoms with E-state index in [9.17, 15) is 4.79 Å². The molecule has 4 heteroatoms. The molecule has 0 saturated carbocycles. The highest BCUT2D eigenvalue weighted by molar-refractivity contribution is 6.29. The predicted molar refractivity (Wildman–Crippen MR) is 64.5 cm³/mol. The van der Waals surface area contributed by atoms with E-state index in [0.29, 0.717) is 13.0 Å². The third kappa shape index (κ3) is 3.25. The lowest BCUT2D eigenvalue weighted by atomic mass is 10.2. The largest absolute Gasteiger partial charge is 0.310 e. The molecule has 0 heterocycles. The fourth-order valence-electron chi connectivity index (χ4n) is 1.36.